The van der Waals surface area contributed by atoms with Crippen molar-refractivity contribution in [1.29, 1.82) is 0 Å². The molecule has 0 aliphatic carbocycles. The van der Waals surface area contributed by atoms with Gasteiger partial charge < -0.3 is 10.2 Å². The molecule has 3 heterocycles. The van der Waals surface area contributed by atoms with Crippen LogP contribution < -0.4 is 5.32 Å². The zero-order valence-corrected chi connectivity index (χ0v) is 13.2. The highest BCUT2D eigenvalue weighted by atomic mass is 15.3. The van der Waals surface area contributed by atoms with Crippen molar-refractivity contribution in [2.75, 3.05) is 33.2 Å². The normalized spacial score (nSPS) is 26.1. The number of hydrogen-bond donors (Lipinski definition) is 1. The van der Waals surface area contributed by atoms with Gasteiger partial charge in [0.25, 0.3) is 0 Å². The van der Waals surface area contributed by atoms with E-state index in [-0.39, 0.29) is 0 Å². The van der Waals surface area contributed by atoms with E-state index in [2.05, 4.69) is 35.8 Å². The maximum absolute atomic E-state index is 4.91. The minimum atomic E-state index is 0.572. The summed E-state index contributed by atoms with van der Waals surface area (Å²) < 4.78 is 2.34. The van der Waals surface area contributed by atoms with E-state index in [0.717, 1.165) is 19.6 Å². The number of likely N-dealkylation sites (N-methyl/N-ethyl adjacent to an activating group) is 1. The van der Waals surface area contributed by atoms with E-state index < -0.39 is 0 Å². The lowest BCUT2D eigenvalue weighted by molar-refractivity contribution is 0.200. The molecule has 1 unspecified atom stereocenters. The van der Waals surface area contributed by atoms with Crippen molar-refractivity contribution in [3.63, 3.8) is 0 Å². The Kier molecular flexibility index (Phi) is 4.13. The van der Waals surface area contributed by atoms with Crippen LogP contribution in [0.25, 0.3) is 0 Å². The molecule has 3 rings (SSSR count). The maximum atomic E-state index is 4.91. The molecule has 2 saturated heterocycles. The molecule has 2 fully saturated rings. The zero-order chi connectivity index (χ0) is 14.1. The molecular weight excluding hydrogens is 248 g/mol. The van der Waals surface area contributed by atoms with Gasteiger partial charge in [0.2, 0.25) is 0 Å². The highest BCUT2D eigenvalue weighted by Gasteiger charge is 2.27. The van der Waals surface area contributed by atoms with Crippen LogP contribution in [0.15, 0.2) is 0 Å². The van der Waals surface area contributed by atoms with E-state index in [1.54, 1.807) is 5.56 Å². The Morgan fingerprint density at radius 3 is 2.60 bits per heavy atom. The molecule has 112 valence electrons. The summed E-state index contributed by atoms with van der Waals surface area (Å²) in [6.45, 7) is 9.17. The number of piperidine rings is 2. The van der Waals surface area contributed by atoms with Gasteiger partial charge in [0.05, 0.1) is 11.7 Å². The molecule has 0 bridgehead atoms. The SMILES string of the molecule is Cc1nn(C2CCCN(C)C2)c(C)c1C1CCNCC1. The van der Waals surface area contributed by atoms with E-state index in [4.69, 9.17) is 5.10 Å². The molecule has 0 saturated carbocycles. The summed E-state index contributed by atoms with van der Waals surface area (Å²) in [6.07, 6.45) is 5.09. The number of nitrogens with one attached hydrogen (secondary N) is 1. The van der Waals surface area contributed by atoms with Gasteiger partial charge in [-0.05, 0) is 77.7 Å². The number of rotatable bonds is 2. The molecule has 0 amide bonds. The number of hydrogen-bond acceptors (Lipinski definition) is 3. The van der Waals surface area contributed by atoms with Gasteiger partial charge in [0, 0.05) is 12.2 Å². The summed E-state index contributed by atoms with van der Waals surface area (Å²) in [4.78, 5) is 2.44. The second-order valence-corrected chi connectivity index (χ2v) is 6.61. The fourth-order valence-electron chi connectivity index (χ4n) is 4.07. The number of likely N-dealkylation sites (tertiary alicyclic amines) is 1. The fourth-order valence-corrected chi connectivity index (χ4v) is 4.07. The van der Waals surface area contributed by atoms with Crippen molar-refractivity contribution in [1.82, 2.24) is 20.0 Å². The molecular formula is C16H28N4. The Hall–Kier alpha value is -0.870. The van der Waals surface area contributed by atoms with Crippen LogP contribution in [0.5, 0.6) is 0 Å². The monoisotopic (exact) mass is 276 g/mol. The maximum Gasteiger partial charge on any atom is 0.0649 e. The third-order valence-corrected chi connectivity index (χ3v) is 5.07. The third kappa shape index (κ3) is 2.63. The van der Waals surface area contributed by atoms with Crippen LogP contribution in [0.3, 0.4) is 0 Å². The molecule has 1 aromatic heterocycles. The minimum absolute atomic E-state index is 0.572. The van der Waals surface area contributed by atoms with E-state index in [9.17, 15) is 0 Å². The predicted octanol–water partition coefficient (Wildman–Crippen LogP) is 2.23. The summed E-state index contributed by atoms with van der Waals surface area (Å²) >= 11 is 0. The molecule has 1 atom stereocenters. The summed E-state index contributed by atoms with van der Waals surface area (Å²) in [7, 11) is 2.23. The Labute approximate surface area is 122 Å². The van der Waals surface area contributed by atoms with Crippen molar-refractivity contribution in [3.05, 3.63) is 17.0 Å². The topological polar surface area (TPSA) is 33.1 Å². The van der Waals surface area contributed by atoms with Gasteiger partial charge in [-0.1, -0.05) is 0 Å². The van der Waals surface area contributed by atoms with Crippen LogP contribution >= 0.6 is 0 Å². The first kappa shape index (κ1) is 14.1. The molecule has 1 N–H and O–H groups in total. The van der Waals surface area contributed by atoms with Crippen molar-refractivity contribution in [2.24, 2.45) is 0 Å². The summed E-state index contributed by atoms with van der Waals surface area (Å²) in [5.74, 6) is 0.714. The van der Waals surface area contributed by atoms with Gasteiger partial charge in [0.1, 0.15) is 0 Å². The van der Waals surface area contributed by atoms with E-state index in [0.29, 0.717) is 12.0 Å². The Bertz CT molecular complexity index is 459. The predicted molar refractivity (Wildman–Crippen MR) is 82.3 cm³/mol. The molecule has 4 nitrogen and oxygen atoms in total. The number of nitrogens with zero attached hydrogens (tertiary/aromatic N) is 3. The van der Waals surface area contributed by atoms with E-state index >= 15 is 0 Å². The average molecular weight is 276 g/mol. The van der Waals surface area contributed by atoms with Gasteiger partial charge in [0.15, 0.2) is 0 Å². The van der Waals surface area contributed by atoms with Crippen LogP contribution in [-0.2, 0) is 0 Å². The molecule has 0 aromatic carbocycles. The average Bonchev–Trinajstić information content (AvgIpc) is 2.75. The smallest absolute Gasteiger partial charge is 0.0649 e. The van der Waals surface area contributed by atoms with Crippen molar-refractivity contribution in [2.45, 2.75) is 51.5 Å². The Morgan fingerprint density at radius 2 is 1.90 bits per heavy atom. The highest BCUT2D eigenvalue weighted by Crippen LogP contribution is 2.33. The second kappa shape index (κ2) is 5.86. The highest BCUT2D eigenvalue weighted by molar-refractivity contribution is 5.29. The number of aromatic nitrogens is 2. The number of aryl methyl sites for hydroxylation is 1. The minimum Gasteiger partial charge on any atom is -0.317 e. The first-order valence-corrected chi connectivity index (χ1v) is 8.11. The molecule has 20 heavy (non-hydrogen) atoms. The van der Waals surface area contributed by atoms with Crippen LogP contribution in [-0.4, -0.2) is 47.9 Å². The first-order valence-electron chi connectivity index (χ1n) is 8.11. The molecule has 1 aromatic rings. The van der Waals surface area contributed by atoms with Crippen LogP contribution in [0.4, 0.5) is 0 Å². The van der Waals surface area contributed by atoms with Gasteiger partial charge in [-0.25, -0.2) is 0 Å². The first-order chi connectivity index (χ1) is 9.66. The molecule has 4 heteroatoms. The Balaban J connectivity index is 1.85. The standard InChI is InChI=1S/C16H28N4/c1-12-16(14-6-8-17-9-7-14)13(2)20(18-12)15-5-4-10-19(3)11-15/h14-15,17H,4-11H2,1-3H3. The lowest BCUT2D eigenvalue weighted by atomic mass is 9.89. The summed E-state index contributed by atoms with van der Waals surface area (Å²) in [5, 5.41) is 8.38. The molecule has 2 aliphatic heterocycles. The molecule has 0 radical (unpaired) electrons. The zero-order valence-electron chi connectivity index (χ0n) is 13.2. The lowest BCUT2D eigenvalue weighted by Crippen LogP contribution is -2.34. The molecule has 2 aliphatic rings. The Morgan fingerprint density at radius 1 is 1.15 bits per heavy atom. The van der Waals surface area contributed by atoms with Gasteiger partial charge >= 0.3 is 0 Å². The largest absolute Gasteiger partial charge is 0.317 e. The summed E-state index contributed by atoms with van der Waals surface area (Å²) in [6, 6.07) is 0.572. The summed E-state index contributed by atoms with van der Waals surface area (Å²) in [5.41, 5.74) is 4.23. The van der Waals surface area contributed by atoms with Gasteiger partial charge in [-0.15, -0.1) is 0 Å². The second-order valence-electron chi connectivity index (χ2n) is 6.61. The van der Waals surface area contributed by atoms with Crippen LogP contribution in [0, 0.1) is 13.8 Å². The van der Waals surface area contributed by atoms with Crippen LogP contribution in [0.2, 0.25) is 0 Å². The van der Waals surface area contributed by atoms with Crippen molar-refractivity contribution >= 4 is 0 Å². The lowest BCUT2D eigenvalue weighted by Gasteiger charge is -2.31. The molecule has 0 spiro atoms. The van der Waals surface area contributed by atoms with E-state index in [1.807, 2.05) is 0 Å². The fraction of sp³-hybridized carbons (Fsp3) is 0.812. The van der Waals surface area contributed by atoms with E-state index in [1.165, 1.54) is 43.6 Å². The van der Waals surface area contributed by atoms with Crippen LogP contribution in [0.1, 0.15) is 54.6 Å². The van der Waals surface area contributed by atoms with Crippen molar-refractivity contribution in [3.8, 4) is 0 Å². The third-order valence-electron chi connectivity index (χ3n) is 5.07. The van der Waals surface area contributed by atoms with Crippen molar-refractivity contribution < 1.29 is 0 Å². The quantitative estimate of drug-likeness (QED) is 0.899. The van der Waals surface area contributed by atoms with Gasteiger partial charge in [-0.3, -0.25) is 4.68 Å². The van der Waals surface area contributed by atoms with Gasteiger partial charge in [-0.2, -0.15) is 5.10 Å².